The molecule has 2 aromatic heterocycles. The van der Waals surface area contributed by atoms with E-state index in [-0.39, 0.29) is 5.92 Å². The van der Waals surface area contributed by atoms with E-state index in [1.54, 1.807) is 5.56 Å². The summed E-state index contributed by atoms with van der Waals surface area (Å²) in [5.74, 6) is 3.04. The smallest absolute Gasteiger partial charge is 0.0547 e. The number of fused-ring (bicyclic) bond motifs is 8. The Morgan fingerprint density at radius 1 is 0.558 bits per heavy atom. The maximum Gasteiger partial charge on any atom is 0.0547 e. The van der Waals surface area contributed by atoms with Crippen LogP contribution in [0.5, 0.6) is 0 Å². The fourth-order valence-electron chi connectivity index (χ4n) is 11.5. The average Bonchev–Trinajstić information content (AvgIpc) is 3.71. The second kappa shape index (κ2) is 10.9. The molecular weight excluding hydrogens is 647 g/mol. The summed E-state index contributed by atoms with van der Waals surface area (Å²) in [5.41, 5.74) is 10.1. The van der Waals surface area contributed by atoms with E-state index in [9.17, 15) is 0 Å². The third kappa shape index (κ3) is 3.99. The van der Waals surface area contributed by atoms with Crippen molar-refractivity contribution < 1.29 is 0 Å². The third-order valence-electron chi connectivity index (χ3n) is 13.8. The molecule has 0 bridgehead atoms. The van der Waals surface area contributed by atoms with Gasteiger partial charge in [0, 0.05) is 48.0 Å². The Balaban J connectivity index is 1.03. The molecular formula is C50H39NS. The SMILES string of the molecule is c1ccc(-n2c3ccccc3c3c4cc([C@@H](Cc5ccc(C67C8CCC6CC7C8)cc5)c5ccc6sc7ccccc7c6c5)ccc4ccc32)cc1. The second-order valence-electron chi connectivity index (χ2n) is 16.0. The molecule has 52 heavy (non-hydrogen) atoms. The van der Waals surface area contributed by atoms with Crippen molar-refractivity contribution in [3.8, 4) is 5.69 Å². The van der Waals surface area contributed by atoms with Gasteiger partial charge in [-0.15, -0.1) is 11.3 Å². The third-order valence-corrected chi connectivity index (χ3v) is 15.0. The van der Waals surface area contributed by atoms with Gasteiger partial charge in [0.25, 0.3) is 0 Å². The van der Waals surface area contributed by atoms with Crippen LogP contribution in [-0.4, -0.2) is 4.57 Å². The fourth-order valence-corrected chi connectivity index (χ4v) is 12.6. The number of aromatic nitrogens is 1. The molecule has 0 aliphatic heterocycles. The van der Waals surface area contributed by atoms with Crippen LogP contribution < -0.4 is 0 Å². The summed E-state index contributed by atoms with van der Waals surface area (Å²) in [7, 11) is 0. The molecule has 3 fully saturated rings. The van der Waals surface area contributed by atoms with Crippen molar-refractivity contribution in [2.75, 3.05) is 0 Å². The zero-order valence-corrected chi connectivity index (χ0v) is 30.0. The Kier molecular flexibility index (Phi) is 6.17. The second-order valence-corrected chi connectivity index (χ2v) is 17.1. The molecule has 7 aromatic carbocycles. The first kappa shape index (κ1) is 29.4. The Hall–Kier alpha value is -5.18. The van der Waals surface area contributed by atoms with E-state index in [0.717, 1.165) is 24.2 Å². The van der Waals surface area contributed by atoms with Crippen LogP contribution in [0.2, 0.25) is 0 Å². The lowest BCUT2D eigenvalue weighted by atomic mass is 9.39. The lowest BCUT2D eigenvalue weighted by molar-refractivity contribution is -0.0836. The Labute approximate surface area is 308 Å². The topological polar surface area (TPSA) is 4.93 Å². The first-order chi connectivity index (χ1) is 25.7. The highest BCUT2D eigenvalue weighted by atomic mass is 32.1. The molecule has 3 aliphatic carbocycles. The molecule has 0 amide bonds. The van der Waals surface area contributed by atoms with Crippen molar-refractivity contribution in [3.05, 3.63) is 174 Å². The van der Waals surface area contributed by atoms with Gasteiger partial charge in [-0.25, -0.2) is 0 Å². The zero-order valence-electron chi connectivity index (χ0n) is 29.1. The van der Waals surface area contributed by atoms with Crippen LogP contribution in [0.4, 0.5) is 0 Å². The highest BCUT2D eigenvalue weighted by molar-refractivity contribution is 7.25. The number of thiophene rings is 1. The van der Waals surface area contributed by atoms with Gasteiger partial charge in [0.1, 0.15) is 0 Å². The van der Waals surface area contributed by atoms with Crippen molar-refractivity contribution in [2.45, 2.75) is 43.4 Å². The van der Waals surface area contributed by atoms with Crippen LogP contribution in [0.25, 0.3) is 58.4 Å². The molecule has 12 rings (SSSR count). The minimum atomic E-state index is 0.227. The first-order valence-corrected chi connectivity index (χ1v) is 20.1. The number of para-hydroxylation sites is 2. The summed E-state index contributed by atoms with van der Waals surface area (Å²) in [5, 5.41) is 8.01. The van der Waals surface area contributed by atoms with E-state index < -0.39 is 0 Å². The molecule has 2 heteroatoms. The van der Waals surface area contributed by atoms with Crippen molar-refractivity contribution in [3.63, 3.8) is 0 Å². The van der Waals surface area contributed by atoms with E-state index >= 15 is 0 Å². The molecule has 2 heterocycles. The van der Waals surface area contributed by atoms with Gasteiger partial charge in [-0.05, 0) is 131 Å². The highest BCUT2D eigenvalue weighted by Crippen LogP contribution is 2.74. The van der Waals surface area contributed by atoms with E-state index in [0.29, 0.717) is 5.41 Å². The number of rotatable bonds is 6. The van der Waals surface area contributed by atoms with Gasteiger partial charge >= 0.3 is 0 Å². The summed E-state index contributed by atoms with van der Waals surface area (Å²) in [6, 6.07) is 57.9. The minimum Gasteiger partial charge on any atom is -0.309 e. The Morgan fingerprint density at radius 2 is 1.23 bits per heavy atom. The monoisotopic (exact) mass is 685 g/mol. The first-order valence-electron chi connectivity index (χ1n) is 19.3. The molecule has 3 atom stereocenters. The molecule has 0 N–H and O–H groups in total. The van der Waals surface area contributed by atoms with Crippen LogP contribution in [-0.2, 0) is 11.8 Å². The largest absolute Gasteiger partial charge is 0.309 e. The predicted octanol–water partition coefficient (Wildman–Crippen LogP) is 13.4. The van der Waals surface area contributed by atoms with Gasteiger partial charge in [0.2, 0.25) is 0 Å². The molecule has 0 spiro atoms. The molecule has 2 unspecified atom stereocenters. The fraction of sp³-hybridized carbons (Fsp3) is 0.200. The number of hydrogen-bond donors (Lipinski definition) is 0. The van der Waals surface area contributed by atoms with Crippen LogP contribution >= 0.6 is 11.3 Å². The summed E-state index contributed by atoms with van der Waals surface area (Å²) in [6.07, 6.45) is 6.82. The molecule has 0 radical (unpaired) electrons. The predicted molar refractivity (Wildman–Crippen MR) is 220 cm³/mol. The maximum atomic E-state index is 2.53. The Bertz CT molecular complexity index is 2840. The lowest BCUT2D eigenvalue weighted by Gasteiger charge is -2.65. The van der Waals surface area contributed by atoms with E-state index in [2.05, 4.69) is 156 Å². The van der Waals surface area contributed by atoms with Crippen molar-refractivity contribution in [1.29, 1.82) is 0 Å². The zero-order chi connectivity index (χ0) is 34.0. The summed E-state index contributed by atoms with van der Waals surface area (Å²) < 4.78 is 5.17. The van der Waals surface area contributed by atoms with Gasteiger partial charge in [0.05, 0.1) is 11.0 Å². The van der Waals surface area contributed by atoms with Crippen LogP contribution in [0.3, 0.4) is 0 Å². The van der Waals surface area contributed by atoms with Crippen LogP contribution in [0.1, 0.15) is 53.9 Å². The average molecular weight is 686 g/mol. The lowest BCUT2D eigenvalue weighted by Crippen LogP contribution is -2.61. The van der Waals surface area contributed by atoms with E-state index in [1.165, 1.54) is 101 Å². The molecule has 9 aromatic rings. The summed E-state index contributed by atoms with van der Waals surface area (Å²) in [4.78, 5) is 0. The molecule has 3 aliphatic rings. The van der Waals surface area contributed by atoms with Gasteiger partial charge in [-0.1, -0.05) is 103 Å². The molecule has 0 saturated heterocycles. The van der Waals surface area contributed by atoms with Gasteiger partial charge in [-0.2, -0.15) is 0 Å². The van der Waals surface area contributed by atoms with Gasteiger partial charge in [-0.3, -0.25) is 0 Å². The number of benzene rings is 7. The van der Waals surface area contributed by atoms with Crippen LogP contribution in [0.15, 0.2) is 152 Å². The molecule has 250 valence electrons. The number of nitrogens with zero attached hydrogens (tertiary/aromatic N) is 1. The van der Waals surface area contributed by atoms with Crippen molar-refractivity contribution >= 4 is 64.1 Å². The van der Waals surface area contributed by atoms with Gasteiger partial charge in [0.15, 0.2) is 0 Å². The highest BCUT2D eigenvalue weighted by Gasteiger charge is 2.69. The molecule has 1 nitrogen and oxygen atoms in total. The maximum absolute atomic E-state index is 2.53. The summed E-state index contributed by atoms with van der Waals surface area (Å²) in [6.45, 7) is 0. The standard InChI is InChI=1S/C50H39NS/c1-2-8-39(9-3-1)51-45-12-6-4-11-41(45)49-43-27-33(17-16-32(43)18-24-46(49)51)42(34-19-25-48-44(28-34)40-10-5-7-13-47(40)52-48)26-31-14-20-35(21-15-31)50-36-22-23-37(50)30-38(50)29-36/h1-21,24-25,27-28,36-38,42H,22-23,26,29-30H2/t36?,37?,38?,42-,50?/m1/s1. The van der Waals surface area contributed by atoms with Crippen molar-refractivity contribution in [1.82, 2.24) is 4.57 Å². The minimum absolute atomic E-state index is 0.227. The van der Waals surface area contributed by atoms with Crippen molar-refractivity contribution in [2.24, 2.45) is 17.8 Å². The summed E-state index contributed by atoms with van der Waals surface area (Å²) >= 11 is 1.91. The quantitative estimate of drug-likeness (QED) is 0.164. The van der Waals surface area contributed by atoms with E-state index in [4.69, 9.17) is 0 Å². The van der Waals surface area contributed by atoms with Crippen LogP contribution in [0, 0.1) is 17.8 Å². The Morgan fingerprint density at radius 3 is 2.04 bits per heavy atom. The van der Waals surface area contributed by atoms with E-state index in [1.807, 2.05) is 11.3 Å². The van der Waals surface area contributed by atoms with Gasteiger partial charge < -0.3 is 4.57 Å². The molecule has 3 saturated carbocycles. The number of hydrogen-bond acceptors (Lipinski definition) is 1. The normalized spacial score (nSPS) is 22.6.